The number of nitrogens with one attached hydrogen (secondary N) is 1. The van der Waals surface area contributed by atoms with Crippen LogP contribution in [0.1, 0.15) is 52.0 Å². The van der Waals surface area contributed by atoms with Gasteiger partial charge in [-0.25, -0.2) is 19.6 Å². The summed E-state index contributed by atoms with van der Waals surface area (Å²) in [6.45, 7) is 4.04. The van der Waals surface area contributed by atoms with E-state index in [1.165, 1.54) is 32.5 Å². The van der Waals surface area contributed by atoms with E-state index in [0.717, 1.165) is 5.56 Å². The Balaban J connectivity index is 1.71. The monoisotopic (exact) mass is 936 g/mol. The Morgan fingerprint density at radius 2 is 1.35 bits per heavy atom. The third-order valence-electron chi connectivity index (χ3n) is 8.56. The van der Waals surface area contributed by atoms with E-state index in [4.69, 9.17) is 58.7 Å². The zero-order valence-corrected chi connectivity index (χ0v) is 37.0. The first-order chi connectivity index (χ1) is 31.0. The molecule has 1 atom stereocenters. The van der Waals surface area contributed by atoms with Crippen LogP contribution in [0.3, 0.4) is 0 Å². The number of aromatic nitrogens is 3. The van der Waals surface area contributed by atoms with Gasteiger partial charge in [0.15, 0.2) is 34.3 Å². The molecule has 0 radical (unpaired) electrons. The molecule has 65 heavy (non-hydrogen) atoms. The number of pyridine rings is 1. The lowest BCUT2D eigenvalue weighted by Crippen LogP contribution is -2.32. The van der Waals surface area contributed by atoms with Crippen LogP contribution < -0.4 is 23.7 Å². The second-order valence-corrected chi connectivity index (χ2v) is 16.0. The van der Waals surface area contributed by atoms with E-state index in [0.29, 0.717) is 11.3 Å². The first-order valence-corrected chi connectivity index (χ1v) is 21.2. The van der Waals surface area contributed by atoms with Gasteiger partial charge >= 0.3 is 12.3 Å². The minimum absolute atomic E-state index is 0.0638. The number of nitrogens with zero attached hydrogens (tertiary/aromatic N) is 5. The molecule has 25 heteroatoms. The molecule has 0 aliphatic heterocycles. The van der Waals surface area contributed by atoms with Gasteiger partial charge < -0.3 is 37.9 Å². The molecule has 4 rings (SSSR count). The van der Waals surface area contributed by atoms with Crippen molar-refractivity contribution < 1.29 is 86.4 Å². The number of carbonyl (C=O) groups excluding carboxylic acids is 2. The predicted octanol–water partition coefficient (Wildman–Crippen LogP) is 6.08. The van der Waals surface area contributed by atoms with Crippen molar-refractivity contribution in [3.8, 4) is 40.3 Å². The summed E-state index contributed by atoms with van der Waals surface area (Å²) in [5.41, 5.74) is 0.836. The topological polar surface area (TPSA) is 299 Å². The molecule has 4 aromatic rings. The fourth-order valence-electron chi connectivity index (χ4n) is 5.21. The van der Waals surface area contributed by atoms with Crippen LogP contribution in [0, 0.1) is 0 Å². The van der Waals surface area contributed by atoms with Crippen LogP contribution in [-0.2, 0) is 44.1 Å². The molecule has 2 aromatic heterocycles. The normalized spacial score (nSPS) is 12.0. The number of sulfonamides is 1. The van der Waals surface area contributed by atoms with Crippen LogP contribution in [0.2, 0.25) is 0 Å². The number of anilines is 1. The van der Waals surface area contributed by atoms with Crippen LogP contribution in [-0.4, -0.2) is 127 Å². The predicted molar refractivity (Wildman–Crippen MR) is 221 cm³/mol. The average Bonchev–Trinajstić information content (AvgIpc) is 3.27. The highest BCUT2D eigenvalue weighted by molar-refractivity contribution is 7.92. The Kier molecular flexibility index (Phi) is 20.1. The molecule has 0 bridgehead atoms. The van der Waals surface area contributed by atoms with Crippen molar-refractivity contribution in [3.05, 3.63) is 72.4 Å². The van der Waals surface area contributed by atoms with Crippen LogP contribution in [0.15, 0.2) is 71.9 Å². The molecule has 0 spiro atoms. The summed E-state index contributed by atoms with van der Waals surface area (Å²) in [4.78, 5) is 47.7. The Morgan fingerprint density at radius 1 is 0.738 bits per heavy atom. The third kappa shape index (κ3) is 17.4. The van der Waals surface area contributed by atoms with Crippen LogP contribution in [0.25, 0.3) is 11.4 Å². The number of methoxy groups -OCH3 is 2. The minimum atomic E-state index is -4.50. The van der Waals surface area contributed by atoms with Gasteiger partial charge in [0.2, 0.25) is 5.75 Å². The van der Waals surface area contributed by atoms with Gasteiger partial charge in [0.1, 0.15) is 19.0 Å². The Bertz CT molecular complexity index is 2210. The number of hydrogen-bond acceptors (Lipinski definition) is 23. The first-order valence-electron chi connectivity index (χ1n) is 19.7. The molecule has 0 fully saturated rings. The van der Waals surface area contributed by atoms with Crippen molar-refractivity contribution >= 4 is 28.2 Å². The standard InChI is InChI=1S/C40H52N6O18S/c1-40(2,3)28-16-19-33(41-24-28)65(53,54)44-36-34(64-32-13-7-6-12-31(32)56-5)37(43-35(42-36)27-14-17-29(55-4)18-15-27)59-25-30(63-39(48)58-21-9-11-23-62-46(51)52)26-60-38(47)57-20-8-10-22-61-45(49)50/h6-7,12-19,24,30,49-52H,8-11,20-23,25-26H2,1-5H3,(H,42,43,44). The van der Waals surface area contributed by atoms with Crippen LogP contribution in [0.5, 0.6) is 28.9 Å². The van der Waals surface area contributed by atoms with E-state index in [2.05, 4.69) is 29.3 Å². The maximum Gasteiger partial charge on any atom is 0.508 e. The number of hydrogen-bond donors (Lipinski definition) is 5. The minimum Gasteiger partial charge on any atom is -0.497 e. The van der Waals surface area contributed by atoms with Gasteiger partial charge in [-0.15, -0.1) is 0 Å². The van der Waals surface area contributed by atoms with Crippen molar-refractivity contribution in [1.82, 2.24) is 25.7 Å². The maximum absolute atomic E-state index is 14.0. The summed E-state index contributed by atoms with van der Waals surface area (Å²) >= 11 is 0. The molecule has 0 aliphatic carbocycles. The smallest absolute Gasteiger partial charge is 0.497 e. The second kappa shape index (κ2) is 25.4. The van der Waals surface area contributed by atoms with Gasteiger partial charge in [-0.05, 0) is 79.1 Å². The molecule has 0 saturated carbocycles. The van der Waals surface area contributed by atoms with Crippen LogP contribution in [0.4, 0.5) is 15.4 Å². The lowest BCUT2D eigenvalue weighted by Gasteiger charge is -2.21. The summed E-state index contributed by atoms with van der Waals surface area (Å²) < 4.78 is 74.5. The second-order valence-electron chi connectivity index (χ2n) is 14.4. The summed E-state index contributed by atoms with van der Waals surface area (Å²) in [6, 6.07) is 15.9. The lowest BCUT2D eigenvalue weighted by molar-refractivity contribution is -0.492. The summed E-state index contributed by atoms with van der Waals surface area (Å²) in [5.74, 6) is -0.408. The van der Waals surface area contributed by atoms with Crippen LogP contribution >= 0.6 is 0 Å². The zero-order valence-electron chi connectivity index (χ0n) is 36.1. The van der Waals surface area contributed by atoms with E-state index in [-0.39, 0.29) is 91.5 Å². The van der Waals surface area contributed by atoms with E-state index < -0.39 is 58.2 Å². The number of carbonyl (C=O) groups is 2. The fourth-order valence-corrected chi connectivity index (χ4v) is 6.14. The molecule has 2 heterocycles. The lowest BCUT2D eigenvalue weighted by atomic mass is 9.88. The molecular weight excluding hydrogens is 885 g/mol. The highest BCUT2D eigenvalue weighted by Crippen LogP contribution is 2.42. The van der Waals surface area contributed by atoms with E-state index in [1.807, 2.05) is 20.8 Å². The molecule has 24 nitrogen and oxygen atoms in total. The van der Waals surface area contributed by atoms with Gasteiger partial charge in [-0.2, -0.15) is 13.4 Å². The highest BCUT2D eigenvalue weighted by Gasteiger charge is 2.28. The Labute approximate surface area is 373 Å². The molecule has 5 N–H and O–H groups in total. The number of unbranched alkanes of at least 4 members (excludes halogenated alkanes) is 2. The van der Waals surface area contributed by atoms with E-state index in [1.54, 1.807) is 48.5 Å². The molecular formula is C40H52N6O18S. The largest absolute Gasteiger partial charge is 0.508 e. The summed E-state index contributed by atoms with van der Waals surface area (Å²) in [7, 11) is -1.62. The van der Waals surface area contributed by atoms with Crippen molar-refractivity contribution in [1.29, 1.82) is 0 Å². The number of rotatable bonds is 26. The Hall–Kier alpha value is -6.16. The van der Waals surface area contributed by atoms with E-state index >= 15 is 0 Å². The zero-order chi connectivity index (χ0) is 47.4. The quantitative estimate of drug-likeness (QED) is 0.0270. The summed E-state index contributed by atoms with van der Waals surface area (Å²) in [5, 5.41) is 33.4. The van der Waals surface area contributed by atoms with Gasteiger partial charge in [0.05, 0.1) is 51.4 Å². The first kappa shape index (κ1) is 51.5. The van der Waals surface area contributed by atoms with Gasteiger partial charge in [-0.1, -0.05) is 39.0 Å². The molecule has 1 unspecified atom stereocenters. The summed E-state index contributed by atoms with van der Waals surface area (Å²) in [6.07, 6.45) is -1.36. The molecule has 0 amide bonds. The molecule has 0 saturated heterocycles. The van der Waals surface area contributed by atoms with Gasteiger partial charge in [0.25, 0.3) is 15.9 Å². The average molecular weight is 937 g/mol. The highest BCUT2D eigenvalue weighted by atomic mass is 32.2. The maximum atomic E-state index is 14.0. The van der Waals surface area contributed by atoms with Gasteiger partial charge in [0, 0.05) is 11.8 Å². The number of benzene rings is 2. The van der Waals surface area contributed by atoms with Crippen molar-refractivity contribution in [2.45, 2.75) is 63.0 Å². The Morgan fingerprint density at radius 3 is 1.92 bits per heavy atom. The third-order valence-corrected chi connectivity index (χ3v) is 9.81. The van der Waals surface area contributed by atoms with Crippen molar-refractivity contribution in [2.75, 3.05) is 58.6 Å². The molecule has 0 aliphatic rings. The molecule has 356 valence electrons. The van der Waals surface area contributed by atoms with E-state index in [9.17, 15) is 18.0 Å². The number of ether oxygens (including phenoxy) is 8. The SMILES string of the molecule is COc1ccc(-c2nc(NS(=O)(=O)c3ccc(C(C)(C)C)cn3)c(Oc3ccccc3OC)c(OCC(COC(=O)OCCCCON(O)O)OC(=O)OCCCCON(O)O)n2)cc1. The van der Waals surface area contributed by atoms with Gasteiger partial charge in [-0.3, -0.25) is 35.2 Å². The van der Waals surface area contributed by atoms with Crippen molar-refractivity contribution in [2.24, 2.45) is 0 Å². The molecule has 2 aromatic carbocycles. The number of para-hydroxylation sites is 2. The fraction of sp³-hybridized carbons (Fsp3) is 0.425. The van der Waals surface area contributed by atoms with Crippen molar-refractivity contribution in [3.63, 3.8) is 0 Å².